The van der Waals surface area contributed by atoms with Gasteiger partial charge in [-0.05, 0) is 12.1 Å². The van der Waals surface area contributed by atoms with Gasteiger partial charge in [-0.15, -0.1) is 0 Å². The molecule has 78 valence electrons. The minimum atomic E-state index is 0. The van der Waals surface area contributed by atoms with E-state index in [0.29, 0.717) is 11.5 Å². The van der Waals surface area contributed by atoms with E-state index >= 15 is 0 Å². The molecule has 0 atom stereocenters. The Hall–Kier alpha value is -1.26. The van der Waals surface area contributed by atoms with Crippen molar-refractivity contribution in [3.8, 4) is 0 Å². The number of rotatable bonds is 0. The van der Waals surface area contributed by atoms with Gasteiger partial charge in [0.2, 0.25) is 0 Å². The third-order valence-electron chi connectivity index (χ3n) is 0.871. The summed E-state index contributed by atoms with van der Waals surface area (Å²) in [5.41, 5.74) is 11.2. The molecule has 0 bridgehead atoms. The quantitative estimate of drug-likeness (QED) is 0.527. The smallest absolute Gasteiger partial charge is 0.512 e. The Morgan fingerprint density at radius 3 is 1.79 bits per heavy atom. The summed E-state index contributed by atoms with van der Waals surface area (Å²) in [6.07, 6.45) is 1.60. The molecule has 0 spiro atoms. The average molecular weight is 276 g/mol. The summed E-state index contributed by atoms with van der Waals surface area (Å²) >= 11 is 0. The fourth-order valence-corrected chi connectivity index (χ4v) is 0.430. The Kier molecular flexibility index (Phi) is 29.1. The van der Waals surface area contributed by atoms with Crippen LogP contribution in [0.4, 0.5) is 11.5 Å². The second-order valence-electron chi connectivity index (χ2n) is 1.48. The first kappa shape index (κ1) is 23.0. The third-order valence-corrected chi connectivity index (χ3v) is 0.871. The van der Waals surface area contributed by atoms with Gasteiger partial charge in [0.05, 0.1) is 5.69 Å². The number of nitrogen functional groups attached to an aromatic ring is 2. The van der Waals surface area contributed by atoms with Crippen molar-refractivity contribution in [2.75, 3.05) is 11.5 Å². The molecule has 0 aliphatic carbocycles. The van der Waals surface area contributed by atoms with Gasteiger partial charge in [0.25, 0.3) is 0 Å². The molecule has 0 amide bonds. The summed E-state index contributed by atoms with van der Waals surface area (Å²) in [5.74, 6) is 0.396. The van der Waals surface area contributed by atoms with Gasteiger partial charge in [-0.2, -0.15) is 0 Å². The summed E-state index contributed by atoms with van der Waals surface area (Å²) in [5, 5.41) is 12.5. The third kappa shape index (κ3) is 10.7. The number of nitrogens with two attached hydrogens (primary N) is 2. The molecule has 0 radical (unpaired) electrons. The molecule has 4 N–H and O–H groups in total. The first-order valence-corrected chi connectivity index (χ1v) is 2.71. The van der Waals surface area contributed by atoms with Gasteiger partial charge in [-0.1, -0.05) is 0 Å². The zero-order chi connectivity index (χ0) is 9.98. The molecule has 0 aliphatic heterocycles. The van der Waals surface area contributed by atoms with Crippen molar-refractivity contribution in [2.24, 2.45) is 0 Å². The molecule has 0 fully saturated rings. The van der Waals surface area contributed by atoms with Crippen LogP contribution in [0.25, 0.3) is 0 Å². The maximum absolute atomic E-state index is 6.25. The summed E-state index contributed by atoms with van der Waals surface area (Å²) in [7, 11) is 0. The number of hydrogen-bond donors (Lipinski definition) is 2. The van der Waals surface area contributed by atoms with Crippen molar-refractivity contribution < 1.29 is 33.6 Å². The minimum absolute atomic E-state index is 0. The second kappa shape index (κ2) is 17.7. The van der Waals surface area contributed by atoms with E-state index in [1.807, 2.05) is 0 Å². The molecule has 1 heterocycles. The molecule has 1 aromatic heterocycles. The zero-order valence-corrected chi connectivity index (χ0v) is 8.99. The Labute approximate surface area is 103 Å². The van der Waals surface area contributed by atoms with E-state index in [4.69, 9.17) is 35.1 Å². The fraction of sp³-hybridized carbons (Fsp3) is 0. The number of anilines is 2. The molecule has 0 aliphatic rings. The Bertz CT molecular complexity index is 236. The van der Waals surface area contributed by atoms with Crippen LogP contribution in [0.2, 0.25) is 0 Å². The molecular formula is C7H7FeN5Ni. The summed E-state index contributed by atoms with van der Waals surface area (Å²) < 4.78 is 0. The standard InChI is InChI=1S/C5H7N3.2CN.Fe.Ni/c6-4-2-1-3-8-5(4)7;2*1-2;;/h1-3H,6H2,(H2,7,8);;;;/q;2*-1;;+2. The minimum Gasteiger partial charge on any atom is -0.512 e. The molecule has 14 heavy (non-hydrogen) atoms. The number of nitrogens with zero attached hydrogens (tertiary/aromatic N) is 3. The van der Waals surface area contributed by atoms with E-state index in [9.17, 15) is 0 Å². The van der Waals surface area contributed by atoms with Crippen molar-refractivity contribution in [1.82, 2.24) is 4.98 Å². The topological polar surface area (TPSA) is 113 Å². The molecule has 1 rings (SSSR count). The largest absolute Gasteiger partial charge is 2.00 e. The number of pyridine rings is 1. The van der Waals surface area contributed by atoms with Crippen molar-refractivity contribution in [3.63, 3.8) is 0 Å². The predicted molar refractivity (Wildman–Crippen MR) is 43.0 cm³/mol. The summed E-state index contributed by atoms with van der Waals surface area (Å²) in [6.45, 7) is 9.50. The predicted octanol–water partition coefficient (Wildman–Crippen LogP) is 0.434. The first-order chi connectivity index (χ1) is 5.80. The molecule has 1 aromatic rings. The van der Waals surface area contributed by atoms with E-state index < -0.39 is 0 Å². The van der Waals surface area contributed by atoms with Gasteiger partial charge >= 0.3 is 16.5 Å². The van der Waals surface area contributed by atoms with Gasteiger partial charge < -0.3 is 35.1 Å². The van der Waals surface area contributed by atoms with Crippen LogP contribution < -0.4 is 11.5 Å². The van der Waals surface area contributed by atoms with Crippen LogP contribution in [-0.4, -0.2) is 4.98 Å². The molecule has 7 heteroatoms. The number of aromatic nitrogens is 1. The second-order valence-corrected chi connectivity index (χ2v) is 1.48. The summed E-state index contributed by atoms with van der Waals surface area (Å²) in [6, 6.07) is 3.45. The van der Waals surface area contributed by atoms with Crippen LogP contribution in [0.3, 0.4) is 0 Å². The van der Waals surface area contributed by atoms with Gasteiger partial charge in [-0.25, -0.2) is 4.98 Å². The molecule has 0 saturated carbocycles. The molecule has 0 aromatic carbocycles. The van der Waals surface area contributed by atoms with Crippen molar-refractivity contribution in [1.29, 1.82) is 10.5 Å². The van der Waals surface area contributed by atoms with Crippen LogP contribution >= 0.6 is 0 Å². The van der Waals surface area contributed by atoms with Crippen LogP contribution in [0.1, 0.15) is 0 Å². The van der Waals surface area contributed by atoms with Gasteiger partial charge in [0.15, 0.2) is 0 Å². The molecule has 5 nitrogen and oxygen atoms in total. The van der Waals surface area contributed by atoms with Crippen LogP contribution in [-0.2, 0) is 33.6 Å². The van der Waals surface area contributed by atoms with E-state index in [1.165, 1.54) is 0 Å². The van der Waals surface area contributed by atoms with Crippen molar-refractivity contribution in [3.05, 3.63) is 31.5 Å². The van der Waals surface area contributed by atoms with Crippen molar-refractivity contribution in [2.45, 2.75) is 0 Å². The van der Waals surface area contributed by atoms with Crippen LogP contribution in [0.15, 0.2) is 18.3 Å². The normalized spacial score (nSPS) is 5.43. The van der Waals surface area contributed by atoms with Gasteiger partial charge in [-0.3, -0.25) is 0 Å². The Balaban J connectivity index is -0.0000000750. The SMILES string of the molecule is Nc1cccnc1N.[C-]#N.[C-]#N.[Fe].[Ni+2]. The fourth-order valence-electron chi connectivity index (χ4n) is 0.430. The van der Waals surface area contributed by atoms with E-state index in [-0.39, 0.29) is 33.6 Å². The molecule has 0 saturated heterocycles. The van der Waals surface area contributed by atoms with Crippen LogP contribution in [0.5, 0.6) is 0 Å². The van der Waals surface area contributed by atoms with Gasteiger partial charge in [0, 0.05) is 23.3 Å². The van der Waals surface area contributed by atoms with Gasteiger partial charge in [0.1, 0.15) is 5.82 Å². The van der Waals surface area contributed by atoms with Crippen LogP contribution in [0, 0.1) is 23.7 Å². The summed E-state index contributed by atoms with van der Waals surface area (Å²) in [4.78, 5) is 3.73. The van der Waals surface area contributed by atoms with Crippen molar-refractivity contribution >= 4 is 11.5 Å². The Morgan fingerprint density at radius 2 is 1.57 bits per heavy atom. The maximum atomic E-state index is 6.25. The average Bonchev–Trinajstić information content (AvgIpc) is 2.17. The maximum Gasteiger partial charge on any atom is 2.00 e. The van der Waals surface area contributed by atoms with E-state index in [2.05, 4.69) is 4.98 Å². The Morgan fingerprint density at radius 1 is 1.14 bits per heavy atom. The first-order valence-electron chi connectivity index (χ1n) is 2.71. The molecule has 0 unspecified atom stereocenters. The number of hydrogen-bond acceptors (Lipinski definition) is 5. The van der Waals surface area contributed by atoms with E-state index in [1.54, 1.807) is 18.3 Å². The van der Waals surface area contributed by atoms with E-state index in [0.717, 1.165) is 0 Å². The molecular weight excluding hydrogens is 269 g/mol. The zero-order valence-electron chi connectivity index (χ0n) is 6.90. The monoisotopic (exact) mass is 275 g/mol.